The molecule has 0 bridgehead atoms. The molecule has 1 atom stereocenters. The zero-order chi connectivity index (χ0) is 12.2. The Morgan fingerprint density at radius 2 is 1.88 bits per heavy atom. The summed E-state index contributed by atoms with van der Waals surface area (Å²) >= 11 is 0. The molecule has 0 aromatic carbocycles. The van der Waals surface area contributed by atoms with Gasteiger partial charge in [-0.25, -0.2) is 0 Å². The van der Waals surface area contributed by atoms with Crippen molar-refractivity contribution in [1.82, 2.24) is 15.1 Å². The van der Waals surface area contributed by atoms with E-state index >= 15 is 0 Å². The minimum absolute atomic E-state index is 0.470. The van der Waals surface area contributed by atoms with Crippen LogP contribution in [0.4, 0.5) is 0 Å². The van der Waals surface area contributed by atoms with E-state index in [1.807, 2.05) is 7.05 Å². The number of likely N-dealkylation sites (N-methyl/N-ethyl adjacent to an activating group) is 2. The van der Waals surface area contributed by atoms with Crippen LogP contribution in [-0.4, -0.2) is 62.7 Å². The number of rotatable bonds is 7. The van der Waals surface area contributed by atoms with E-state index in [1.54, 1.807) is 0 Å². The summed E-state index contributed by atoms with van der Waals surface area (Å²) in [6.45, 7) is 4.66. The molecular formula is C13H29N3. The van der Waals surface area contributed by atoms with Crippen molar-refractivity contribution < 1.29 is 0 Å². The fraction of sp³-hybridized carbons (Fsp3) is 1.00. The smallest absolute Gasteiger partial charge is 0.0330 e. The highest BCUT2D eigenvalue weighted by Gasteiger charge is 2.39. The Balaban J connectivity index is 2.30. The first-order chi connectivity index (χ1) is 7.50. The molecule has 3 heteroatoms. The molecule has 1 unspecified atom stereocenters. The summed E-state index contributed by atoms with van der Waals surface area (Å²) < 4.78 is 0. The highest BCUT2D eigenvalue weighted by Crippen LogP contribution is 2.36. The van der Waals surface area contributed by atoms with Crippen molar-refractivity contribution in [3.8, 4) is 0 Å². The first-order valence-corrected chi connectivity index (χ1v) is 6.53. The van der Waals surface area contributed by atoms with E-state index in [9.17, 15) is 0 Å². The molecule has 0 amide bonds. The second-order valence-corrected chi connectivity index (χ2v) is 5.69. The Hall–Kier alpha value is -0.120. The van der Waals surface area contributed by atoms with Gasteiger partial charge in [-0.2, -0.15) is 0 Å². The van der Waals surface area contributed by atoms with Gasteiger partial charge in [0.1, 0.15) is 0 Å². The van der Waals surface area contributed by atoms with Crippen LogP contribution in [-0.2, 0) is 0 Å². The Morgan fingerprint density at radius 3 is 2.25 bits per heavy atom. The SMILES string of the molecule is CNC(C)CCN(C)CC1(N(C)C)CCC1. The summed E-state index contributed by atoms with van der Waals surface area (Å²) in [5, 5.41) is 3.30. The molecule has 16 heavy (non-hydrogen) atoms. The summed E-state index contributed by atoms with van der Waals surface area (Å²) in [4.78, 5) is 4.92. The number of nitrogens with one attached hydrogen (secondary N) is 1. The average Bonchev–Trinajstić information content (AvgIpc) is 2.19. The van der Waals surface area contributed by atoms with Crippen LogP contribution in [0.25, 0.3) is 0 Å². The summed E-state index contributed by atoms with van der Waals surface area (Å²) in [6, 6.07) is 0.624. The average molecular weight is 227 g/mol. The minimum Gasteiger partial charge on any atom is -0.317 e. The monoisotopic (exact) mass is 227 g/mol. The molecule has 1 fully saturated rings. The normalized spacial score (nSPS) is 21.2. The molecule has 3 nitrogen and oxygen atoms in total. The molecule has 0 saturated heterocycles. The van der Waals surface area contributed by atoms with Gasteiger partial charge in [-0.15, -0.1) is 0 Å². The van der Waals surface area contributed by atoms with E-state index in [-0.39, 0.29) is 0 Å². The third-order valence-corrected chi connectivity index (χ3v) is 4.23. The van der Waals surface area contributed by atoms with Crippen LogP contribution in [0.5, 0.6) is 0 Å². The Bertz CT molecular complexity index is 199. The summed E-state index contributed by atoms with van der Waals surface area (Å²) in [6.07, 6.45) is 5.37. The first kappa shape index (κ1) is 13.9. The highest BCUT2D eigenvalue weighted by atomic mass is 15.2. The molecule has 0 radical (unpaired) electrons. The van der Waals surface area contributed by atoms with Crippen LogP contribution >= 0.6 is 0 Å². The van der Waals surface area contributed by atoms with Crippen LogP contribution in [0, 0.1) is 0 Å². The quantitative estimate of drug-likeness (QED) is 0.709. The van der Waals surface area contributed by atoms with Crippen molar-refractivity contribution >= 4 is 0 Å². The van der Waals surface area contributed by atoms with E-state index in [1.165, 1.54) is 38.8 Å². The lowest BCUT2D eigenvalue weighted by molar-refractivity contribution is 0.0272. The zero-order valence-corrected chi connectivity index (χ0v) is 11.7. The van der Waals surface area contributed by atoms with Gasteiger partial charge >= 0.3 is 0 Å². The predicted molar refractivity (Wildman–Crippen MR) is 70.9 cm³/mol. The van der Waals surface area contributed by atoms with Gasteiger partial charge in [0.25, 0.3) is 0 Å². The van der Waals surface area contributed by atoms with Gasteiger partial charge < -0.3 is 15.1 Å². The van der Waals surface area contributed by atoms with Gasteiger partial charge in [0.05, 0.1) is 0 Å². The van der Waals surface area contributed by atoms with Crippen molar-refractivity contribution in [2.75, 3.05) is 41.3 Å². The fourth-order valence-electron chi connectivity index (χ4n) is 2.47. The van der Waals surface area contributed by atoms with E-state index in [2.05, 4.69) is 43.2 Å². The molecule has 0 aliphatic heterocycles. The molecule has 0 aromatic rings. The lowest BCUT2D eigenvalue weighted by Gasteiger charge is -2.49. The maximum atomic E-state index is 3.30. The van der Waals surface area contributed by atoms with Crippen molar-refractivity contribution in [3.63, 3.8) is 0 Å². The molecule has 0 aromatic heterocycles. The molecule has 0 spiro atoms. The van der Waals surface area contributed by atoms with E-state index < -0.39 is 0 Å². The van der Waals surface area contributed by atoms with Crippen molar-refractivity contribution in [2.24, 2.45) is 0 Å². The number of hydrogen-bond donors (Lipinski definition) is 1. The van der Waals surface area contributed by atoms with Crippen LogP contribution < -0.4 is 5.32 Å². The fourth-order valence-corrected chi connectivity index (χ4v) is 2.47. The van der Waals surface area contributed by atoms with Gasteiger partial charge in [-0.05, 0) is 67.3 Å². The largest absolute Gasteiger partial charge is 0.317 e. The number of hydrogen-bond acceptors (Lipinski definition) is 3. The van der Waals surface area contributed by atoms with E-state index in [0.29, 0.717) is 11.6 Å². The van der Waals surface area contributed by atoms with Gasteiger partial charge in [0.15, 0.2) is 0 Å². The number of nitrogens with zero attached hydrogens (tertiary/aromatic N) is 2. The van der Waals surface area contributed by atoms with Gasteiger partial charge in [-0.3, -0.25) is 0 Å². The third-order valence-electron chi connectivity index (χ3n) is 4.23. The van der Waals surface area contributed by atoms with Crippen LogP contribution in [0.1, 0.15) is 32.6 Å². The van der Waals surface area contributed by atoms with Gasteiger partial charge in [-0.1, -0.05) is 0 Å². The standard InChI is InChI=1S/C13H29N3/c1-12(14-2)7-10-16(5)11-13(15(3)4)8-6-9-13/h12,14H,6-11H2,1-5H3. The molecule has 1 aliphatic rings. The van der Waals surface area contributed by atoms with Crippen molar-refractivity contribution in [1.29, 1.82) is 0 Å². The summed E-state index contributed by atoms with van der Waals surface area (Å²) in [5.41, 5.74) is 0.470. The Labute approximate surface area is 101 Å². The molecule has 96 valence electrons. The van der Waals surface area contributed by atoms with Gasteiger partial charge in [0, 0.05) is 18.1 Å². The maximum absolute atomic E-state index is 3.30. The lowest BCUT2D eigenvalue weighted by Crippen LogP contribution is -2.56. The predicted octanol–water partition coefficient (Wildman–Crippen LogP) is 1.40. The van der Waals surface area contributed by atoms with Gasteiger partial charge in [0.2, 0.25) is 0 Å². The summed E-state index contributed by atoms with van der Waals surface area (Å²) in [5.74, 6) is 0. The Kier molecular flexibility index (Phi) is 5.22. The second kappa shape index (κ2) is 5.99. The van der Waals surface area contributed by atoms with Crippen LogP contribution in [0.15, 0.2) is 0 Å². The van der Waals surface area contributed by atoms with Crippen LogP contribution in [0.3, 0.4) is 0 Å². The Morgan fingerprint density at radius 1 is 1.25 bits per heavy atom. The van der Waals surface area contributed by atoms with Crippen molar-refractivity contribution in [3.05, 3.63) is 0 Å². The van der Waals surface area contributed by atoms with E-state index in [0.717, 1.165) is 0 Å². The summed E-state index contributed by atoms with van der Waals surface area (Å²) in [7, 11) is 8.75. The highest BCUT2D eigenvalue weighted by molar-refractivity contribution is 4.97. The maximum Gasteiger partial charge on any atom is 0.0330 e. The second-order valence-electron chi connectivity index (χ2n) is 5.69. The topological polar surface area (TPSA) is 18.5 Å². The molecular weight excluding hydrogens is 198 g/mol. The third kappa shape index (κ3) is 3.44. The molecule has 1 aliphatic carbocycles. The van der Waals surface area contributed by atoms with Crippen molar-refractivity contribution in [2.45, 2.75) is 44.2 Å². The first-order valence-electron chi connectivity index (χ1n) is 6.53. The lowest BCUT2D eigenvalue weighted by atomic mass is 9.75. The van der Waals surface area contributed by atoms with E-state index in [4.69, 9.17) is 0 Å². The minimum atomic E-state index is 0.470. The molecule has 0 heterocycles. The zero-order valence-electron chi connectivity index (χ0n) is 11.7. The molecule has 1 rings (SSSR count). The van der Waals surface area contributed by atoms with Crippen LogP contribution in [0.2, 0.25) is 0 Å². The molecule has 1 N–H and O–H groups in total. The molecule has 1 saturated carbocycles.